The van der Waals surface area contributed by atoms with Crippen LogP contribution < -0.4 is 10.2 Å². The summed E-state index contributed by atoms with van der Waals surface area (Å²) in [5.74, 6) is 0.319. The van der Waals surface area contributed by atoms with Crippen LogP contribution in [0.2, 0.25) is 0 Å². The van der Waals surface area contributed by atoms with E-state index >= 15 is 0 Å². The molecule has 0 saturated carbocycles. The molecule has 1 aliphatic heterocycles. The van der Waals surface area contributed by atoms with Crippen molar-refractivity contribution in [1.29, 1.82) is 0 Å². The van der Waals surface area contributed by atoms with E-state index < -0.39 is 0 Å². The van der Waals surface area contributed by atoms with Gasteiger partial charge in [-0.15, -0.1) is 0 Å². The lowest BCUT2D eigenvalue weighted by Gasteiger charge is -2.13. The Morgan fingerprint density at radius 3 is 2.61 bits per heavy atom. The fraction of sp³-hybridized carbons (Fsp3) is 0.150. The van der Waals surface area contributed by atoms with Crippen LogP contribution in [0.25, 0.3) is 5.69 Å². The number of nitrogens with zero attached hydrogens (tertiary/aromatic N) is 3. The zero-order chi connectivity index (χ0) is 19.7. The molecule has 7 nitrogen and oxygen atoms in total. The van der Waals surface area contributed by atoms with Crippen molar-refractivity contribution in [2.75, 3.05) is 23.4 Å². The Balaban J connectivity index is 1.55. The predicted molar refractivity (Wildman–Crippen MR) is 109 cm³/mol. The Hall–Kier alpha value is -3.13. The van der Waals surface area contributed by atoms with E-state index in [4.69, 9.17) is 4.74 Å². The molecule has 0 aliphatic carbocycles. The van der Waals surface area contributed by atoms with Gasteiger partial charge in [0, 0.05) is 21.8 Å². The van der Waals surface area contributed by atoms with Crippen LogP contribution in [0.15, 0.2) is 59.1 Å². The van der Waals surface area contributed by atoms with Gasteiger partial charge in [0.05, 0.1) is 17.9 Å². The Morgan fingerprint density at radius 1 is 1.14 bits per heavy atom. The second-order valence-electron chi connectivity index (χ2n) is 6.33. The number of hydrogen-bond donors (Lipinski definition) is 1. The first-order valence-corrected chi connectivity index (χ1v) is 9.49. The van der Waals surface area contributed by atoms with E-state index in [1.54, 1.807) is 28.9 Å². The molecule has 0 bridgehead atoms. The Bertz CT molecular complexity index is 1050. The second kappa shape index (κ2) is 7.47. The average molecular weight is 441 g/mol. The minimum Gasteiger partial charge on any atom is -0.447 e. The number of anilines is 2. The summed E-state index contributed by atoms with van der Waals surface area (Å²) in [5, 5.41) is 7.37. The SMILES string of the molecule is Cc1cc(NC(=O)c2ccc(N3CCOC3=O)cc2)n(-c2cccc(Br)c2)n1. The maximum atomic E-state index is 12.7. The lowest BCUT2D eigenvalue weighted by atomic mass is 10.2. The summed E-state index contributed by atoms with van der Waals surface area (Å²) in [4.78, 5) is 25.9. The monoisotopic (exact) mass is 440 g/mol. The summed E-state index contributed by atoms with van der Waals surface area (Å²) in [5.41, 5.74) is 2.81. The number of amides is 2. The normalized spacial score (nSPS) is 13.5. The summed E-state index contributed by atoms with van der Waals surface area (Å²) in [7, 11) is 0. The largest absolute Gasteiger partial charge is 0.447 e. The van der Waals surface area contributed by atoms with E-state index in [9.17, 15) is 9.59 Å². The molecule has 0 atom stereocenters. The van der Waals surface area contributed by atoms with Gasteiger partial charge in [0.2, 0.25) is 0 Å². The summed E-state index contributed by atoms with van der Waals surface area (Å²) in [6.45, 7) is 2.75. The first-order valence-electron chi connectivity index (χ1n) is 8.69. The third-order valence-corrected chi connectivity index (χ3v) is 4.82. The van der Waals surface area contributed by atoms with Gasteiger partial charge in [0.1, 0.15) is 12.4 Å². The number of benzene rings is 2. The van der Waals surface area contributed by atoms with E-state index in [1.165, 1.54) is 4.90 Å². The molecule has 2 aromatic carbocycles. The van der Waals surface area contributed by atoms with Crippen molar-refractivity contribution in [3.05, 3.63) is 70.3 Å². The Kier molecular flexibility index (Phi) is 4.87. The molecule has 0 unspecified atom stereocenters. The molecule has 1 N–H and O–H groups in total. The van der Waals surface area contributed by atoms with E-state index in [0.29, 0.717) is 30.2 Å². The summed E-state index contributed by atoms with van der Waals surface area (Å²) in [6.07, 6.45) is -0.370. The molecule has 8 heteroatoms. The van der Waals surface area contributed by atoms with Crippen LogP contribution in [-0.2, 0) is 4.74 Å². The average Bonchev–Trinajstić information content (AvgIpc) is 3.27. The summed E-state index contributed by atoms with van der Waals surface area (Å²) in [6, 6.07) is 16.3. The zero-order valence-electron chi connectivity index (χ0n) is 15.1. The van der Waals surface area contributed by atoms with Crippen molar-refractivity contribution < 1.29 is 14.3 Å². The van der Waals surface area contributed by atoms with Crippen LogP contribution in [-0.4, -0.2) is 34.9 Å². The molecule has 1 aliphatic rings. The number of carbonyl (C=O) groups is 2. The fourth-order valence-electron chi connectivity index (χ4n) is 3.00. The number of ether oxygens (including phenoxy) is 1. The topological polar surface area (TPSA) is 76.5 Å². The quantitative estimate of drug-likeness (QED) is 0.660. The first-order chi connectivity index (χ1) is 13.5. The van der Waals surface area contributed by atoms with Gasteiger partial charge in [0.15, 0.2) is 0 Å². The maximum absolute atomic E-state index is 12.7. The number of cyclic esters (lactones) is 1. The Morgan fingerprint density at radius 2 is 1.93 bits per heavy atom. The molecule has 1 aromatic heterocycles. The van der Waals surface area contributed by atoms with Crippen molar-refractivity contribution in [2.45, 2.75) is 6.92 Å². The molecule has 0 spiro atoms. The Labute approximate surface area is 170 Å². The van der Waals surface area contributed by atoms with Gasteiger partial charge in [-0.25, -0.2) is 9.48 Å². The van der Waals surface area contributed by atoms with Gasteiger partial charge in [-0.05, 0) is 49.4 Å². The van der Waals surface area contributed by atoms with Gasteiger partial charge in [-0.1, -0.05) is 22.0 Å². The van der Waals surface area contributed by atoms with Gasteiger partial charge in [-0.3, -0.25) is 9.69 Å². The van der Waals surface area contributed by atoms with Crippen molar-refractivity contribution in [3.63, 3.8) is 0 Å². The highest BCUT2D eigenvalue weighted by Gasteiger charge is 2.23. The van der Waals surface area contributed by atoms with Crippen molar-refractivity contribution in [2.24, 2.45) is 0 Å². The van der Waals surface area contributed by atoms with Crippen LogP contribution in [0.4, 0.5) is 16.3 Å². The van der Waals surface area contributed by atoms with E-state index in [-0.39, 0.29) is 12.0 Å². The molecule has 2 amide bonds. The summed E-state index contributed by atoms with van der Waals surface area (Å²) < 4.78 is 7.55. The van der Waals surface area contributed by atoms with Gasteiger partial charge in [0.25, 0.3) is 5.91 Å². The fourth-order valence-corrected chi connectivity index (χ4v) is 3.39. The number of carbonyl (C=O) groups excluding carboxylic acids is 2. The maximum Gasteiger partial charge on any atom is 0.414 e. The van der Waals surface area contributed by atoms with Crippen LogP contribution in [0.3, 0.4) is 0 Å². The van der Waals surface area contributed by atoms with E-state index in [0.717, 1.165) is 15.9 Å². The highest BCUT2D eigenvalue weighted by Crippen LogP contribution is 2.22. The van der Waals surface area contributed by atoms with Gasteiger partial charge < -0.3 is 10.1 Å². The predicted octanol–water partition coefficient (Wildman–Crippen LogP) is 4.15. The second-order valence-corrected chi connectivity index (χ2v) is 7.25. The number of aromatic nitrogens is 2. The summed E-state index contributed by atoms with van der Waals surface area (Å²) >= 11 is 3.45. The molecular weight excluding hydrogens is 424 g/mol. The zero-order valence-corrected chi connectivity index (χ0v) is 16.6. The number of aryl methyl sites for hydroxylation is 1. The standard InChI is InChI=1S/C20H17BrN4O3/c1-13-11-18(25(23-13)17-4-2-3-15(21)12-17)22-19(26)14-5-7-16(8-6-14)24-9-10-28-20(24)27/h2-8,11-12H,9-10H2,1H3,(H,22,26). The first kappa shape index (κ1) is 18.2. The number of halogens is 1. The lowest BCUT2D eigenvalue weighted by molar-refractivity contribution is 0.102. The molecule has 4 rings (SSSR count). The molecule has 1 saturated heterocycles. The van der Waals surface area contributed by atoms with E-state index in [2.05, 4.69) is 26.3 Å². The smallest absolute Gasteiger partial charge is 0.414 e. The van der Waals surface area contributed by atoms with Crippen LogP contribution >= 0.6 is 15.9 Å². The highest BCUT2D eigenvalue weighted by molar-refractivity contribution is 9.10. The molecule has 28 heavy (non-hydrogen) atoms. The van der Waals surface area contributed by atoms with Gasteiger partial charge >= 0.3 is 6.09 Å². The molecular formula is C20H17BrN4O3. The minimum absolute atomic E-state index is 0.258. The third kappa shape index (κ3) is 3.63. The van der Waals surface area contributed by atoms with Crippen molar-refractivity contribution >= 4 is 39.4 Å². The molecule has 2 heterocycles. The molecule has 142 valence electrons. The highest BCUT2D eigenvalue weighted by atomic mass is 79.9. The van der Waals surface area contributed by atoms with Crippen LogP contribution in [0, 0.1) is 6.92 Å². The molecule has 0 radical (unpaired) electrons. The van der Waals surface area contributed by atoms with E-state index in [1.807, 2.05) is 37.3 Å². The van der Waals surface area contributed by atoms with Gasteiger partial charge in [-0.2, -0.15) is 5.10 Å². The third-order valence-electron chi connectivity index (χ3n) is 4.33. The van der Waals surface area contributed by atoms with Crippen LogP contribution in [0.5, 0.6) is 0 Å². The number of rotatable bonds is 4. The van der Waals surface area contributed by atoms with Crippen LogP contribution in [0.1, 0.15) is 16.1 Å². The number of nitrogens with one attached hydrogen (secondary N) is 1. The number of hydrogen-bond acceptors (Lipinski definition) is 4. The lowest BCUT2D eigenvalue weighted by Crippen LogP contribution is -2.23. The molecule has 3 aromatic rings. The minimum atomic E-state index is -0.370. The van der Waals surface area contributed by atoms with Crippen molar-refractivity contribution in [1.82, 2.24) is 9.78 Å². The van der Waals surface area contributed by atoms with Crippen molar-refractivity contribution in [3.8, 4) is 5.69 Å². The molecule has 1 fully saturated rings.